The van der Waals surface area contributed by atoms with Gasteiger partial charge in [-0.2, -0.15) is 0 Å². The van der Waals surface area contributed by atoms with Gasteiger partial charge in [-0.15, -0.1) is 0 Å². The third kappa shape index (κ3) is 5.37. The zero-order valence-corrected chi connectivity index (χ0v) is 12.8. The molecular weight excluding hydrogens is 192 g/mol. The van der Waals surface area contributed by atoms with E-state index < -0.39 is 0 Å². The largest absolute Gasteiger partial charge is 0.0654 e. The summed E-state index contributed by atoms with van der Waals surface area (Å²) in [4.78, 5) is 0. The van der Waals surface area contributed by atoms with E-state index in [2.05, 4.69) is 48.5 Å². The molecule has 0 N–H and O–H groups in total. The monoisotopic (exact) mass is 226 g/mol. The third-order valence-corrected chi connectivity index (χ3v) is 4.68. The first-order valence-corrected chi connectivity index (χ1v) is 7.32. The fourth-order valence-corrected chi connectivity index (χ4v) is 2.50. The standard InChI is InChI=1S/C16H34/c1-8-10-14(4)16(6,7)15(5)12-9-11-13(2)3/h13-15H,8-12H2,1-7H3. The van der Waals surface area contributed by atoms with Crippen molar-refractivity contribution in [2.24, 2.45) is 23.2 Å². The van der Waals surface area contributed by atoms with Gasteiger partial charge >= 0.3 is 0 Å². The summed E-state index contributed by atoms with van der Waals surface area (Å²) in [7, 11) is 0. The van der Waals surface area contributed by atoms with Crippen LogP contribution >= 0.6 is 0 Å². The van der Waals surface area contributed by atoms with Crippen LogP contribution in [0.4, 0.5) is 0 Å². The molecule has 0 bridgehead atoms. The lowest BCUT2D eigenvalue weighted by molar-refractivity contribution is 0.120. The average Bonchev–Trinajstić information content (AvgIpc) is 2.17. The average molecular weight is 226 g/mol. The highest BCUT2D eigenvalue weighted by Crippen LogP contribution is 2.40. The summed E-state index contributed by atoms with van der Waals surface area (Å²) in [6.45, 7) is 16.8. The maximum atomic E-state index is 2.47. The summed E-state index contributed by atoms with van der Waals surface area (Å²) in [6, 6.07) is 0. The quantitative estimate of drug-likeness (QED) is 0.482. The van der Waals surface area contributed by atoms with Gasteiger partial charge in [-0.1, -0.05) is 80.6 Å². The van der Waals surface area contributed by atoms with Crippen LogP contribution in [0.2, 0.25) is 0 Å². The molecule has 98 valence electrons. The van der Waals surface area contributed by atoms with Gasteiger partial charge in [0, 0.05) is 0 Å². The molecule has 16 heavy (non-hydrogen) atoms. The van der Waals surface area contributed by atoms with Crippen molar-refractivity contribution in [3.63, 3.8) is 0 Å². The van der Waals surface area contributed by atoms with Crippen LogP contribution in [0.5, 0.6) is 0 Å². The van der Waals surface area contributed by atoms with Crippen LogP contribution in [-0.4, -0.2) is 0 Å². The van der Waals surface area contributed by atoms with Gasteiger partial charge in [-0.05, 0) is 23.2 Å². The minimum absolute atomic E-state index is 0.507. The first-order valence-electron chi connectivity index (χ1n) is 7.32. The van der Waals surface area contributed by atoms with Crippen LogP contribution in [0.15, 0.2) is 0 Å². The molecule has 0 aliphatic rings. The normalized spacial score (nSPS) is 16.5. The zero-order chi connectivity index (χ0) is 12.8. The molecule has 0 aromatic heterocycles. The number of rotatable bonds is 8. The molecule has 0 amide bonds. The van der Waals surface area contributed by atoms with E-state index in [-0.39, 0.29) is 0 Å². The van der Waals surface area contributed by atoms with Crippen molar-refractivity contribution in [1.29, 1.82) is 0 Å². The fraction of sp³-hybridized carbons (Fsp3) is 1.00. The van der Waals surface area contributed by atoms with Crippen molar-refractivity contribution in [2.75, 3.05) is 0 Å². The minimum atomic E-state index is 0.507. The summed E-state index contributed by atoms with van der Waals surface area (Å²) >= 11 is 0. The van der Waals surface area contributed by atoms with Gasteiger partial charge in [0.25, 0.3) is 0 Å². The Morgan fingerprint density at radius 1 is 0.812 bits per heavy atom. The van der Waals surface area contributed by atoms with Crippen LogP contribution in [0, 0.1) is 23.2 Å². The Morgan fingerprint density at radius 3 is 1.75 bits per heavy atom. The molecule has 0 heteroatoms. The second-order valence-corrected chi connectivity index (χ2v) is 6.74. The van der Waals surface area contributed by atoms with Crippen LogP contribution in [0.1, 0.15) is 80.6 Å². The summed E-state index contributed by atoms with van der Waals surface area (Å²) < 4.78 is 0. The molecule has 0 aromatic carbocycles. The first-order chi connectivity index (χ1) is 7.32. The predicted molar refractivity (Wildman–Crippen MR) is 75.7 cm³/mol. The fourth-order valence-electron chi connectivity index (χ4n) is 2.50. The Hall–Kier alpha value is 0. The van der Waals surface area contributed by atoms with Crippen molar-refractivity contribution in [3.05, 3.63) is 0 Å². The van der Waals surface area contributed by atoms with Crippen LogP contribution in [0.3, 0.4) is 0 Å². The summed E-state index contributed by atoms with van der Waals surface area (Å²) in [5.74, 6) is 2.57. The molecule has 0 rings (SSSR count). The lowest BCUT2D eigenvalue weighted by atomic mass is 9.68. The van der Waals surface area contributed by atoms with Gasteiger partial charge in [0.1, 0.15) is 0 Å². The van der Waals surface area contributed by atoms with E-state index in [0.717, 1.165) is 17.8 Å². The third-order valence-electron chi connectivity index (χ3n) is 4.68. The van der Waals surface area contributed by atoms with E-state index in [9.17, 15) is 0 Å². The molecule has 0 saturated heterocycles. The van der Waals surface area contributed by atoms with Crippen molar-refractivity contribution in [2.45, 2.75) is 80.6 Å². The first kappa shape index (κ1) is 16.0. The SMILES string of the molecule is CCCC(C)C(C)(C)C(C)CCCC(C)C. The smallest absolute Gasteiger partial charge is 0.0303 e. The van der Waals surface area contributed by atoms with E-state index in [0.29, 0.717) is 5.41 Å². The molecule has 0 aliphatic heterocycles. The topological polar surface area (TPSA) is 0 Å². The Labute approximate surface area is 104 Å². The molecule has 0 heterocycles. The van der Waals surface area contributed by atoms with Crippen molar-refractivity contribution in [3.8, 4) is 0 Å². The van der Waals surface area contributed by atoms with Gasteiger partial charge < -0.3 is 0 Å². The van der Waals surface area contributed by atoms with E-state index >= 15 is 0 Å². The van der Waals surface area contributed by atoms with Crippen LogP contribution in [-0.2, 0) is 0 Å². The van der Waals surface area contributed by atoms with E-state index in [1.165, 1.54) is 32.1 Å². The van der Waals surface area contributed by atoms with Crippen molar-refractivity contribution in [1.82, 2.24) is 0 Å². The Morgan fingerprint density at radius 2 is 1.31 bits per heavy atom. The predicted octanol–water partition coefficient (Wildman–Crippen LogP) is 5.91. The molecule has 0 aromatic rings. The van der Waals surface area contributed by atoms with Gasteiger partial charge in [0.2, 0.25) is 0 Å². The number of hydrogen-bond acceptors (Lipinski definition) is 0. The Bertz CT molecular complexity index is 167. The summed E-state index contributed by atoms with van der Waals surface area (Å²) in [5, 5.41) is 0. The molecular formula is C16H34. The molecule has 0 nitrogen and oxygen atoms in total. The molecule has 0 saturated carbocycles. The van der Waals surface area contributed by atoms with Crippen LogP contribution in [0.25, 0.3) is 0 Å². The summed E-state index contributed by atoms with van der Waals surface area (Å²) in [6.07, 6.45) is 6.90. The highest BCUT2D eigenvalue weighted by atomic mass is 14.4. The van der Waals surface area contributed by atoms with Crippen molar-refractivity contribution >= 4 is 0 Å². The van der Waals surface area contributed by atoms with Gasteiger partial charge in [0.05, 0.1) is 0 Å². The highest BCUT2D eigenvalue weighted by Gasteiger charge is 2.30. The molecule has 0 spiro atoms. The van der Waals surface area contributed by atoms with E-state index in [4.69, 9.17) is 0 Å². The molecule has 0 fully saturated rings. The molecule has 2 unspecified atom stereocenters. The minimum Gasteiger partial charge on any atom is -0.0654 e. The lowest BCUT2D eigenvalue weighted by Gasteiger charge is -2.38. The highest BCUT2D eigenvalue weighted by molar-refractivity contribution is 4.80. The molecule has 2 atom stereocenters. The second kappa shape index (κ2) is 7.35. The van der Waals surface area contributed by atoms with Gasteiger partial charge in [-0.25, -0.2) is 0 Å². The molecule has 0 radical (unpaired) electrons. The van der Waals surface area contributed by atoms with Gasteiger partial charge in [0.15, 0.2) is 0 Å². The number of hydrogen-bond donors (Lipinski definition) is 0. The van der Waals surface area contributed by atoms with Crippen molar-refractivity contribution < 1.29 is 0 Å². The summed E-state index contributed by atoms with van der Waals surface area (Å²) in [5.41, 5.74) is 0.507. The maximum absolute atomic E-state index is 2.47. The zero-order valence-electron chi connectivity index (χ0n) is 12.8. The Kier molecular flexibility index (Phi) is 7.35. The lowest BCUT2D eigenvalue weighted by Crippen LogP contribution is -2.29. The second-order valence-electron chi connectivity index (χ2n) is 6.74. The van der Waals surface area contributed by atoms with E-state index in [1.807, 2.05) is 0 Å². The van der Waals surface area contributed by atoms with Gasteiger partial charge in [-0.3, -0.25) is 0 Å². The Balaban J connectivity index is 4.07. The maximum Gasteiger partial charge on any atom is -0.0303 e. The van der Waals surface area contributed by atoms with E-state index in [1.54, 1.807) is 0 Å². The molecule has 0 aliphatic carbocycles. The van der Waals surface area contributed by atoms with Crippen LogP contribution < -0.4 is 0 Å².